The zero-order valence-corrected chi connectivity index (χ0v) is 19.7. The van der Waals surface area contributed by atoms with E-state index in [2.05, 4.69) is 10.3 Å². The topological polar surface area (TPSA) is 90.0 Å². The maximum Gasteiger partial charge on any atom is 0.231 e. The lowest BCUT2D eigenvalue weighted by Crippen LogP contribution is -2.28. The molecule has 0 bridgehead atoms. The van der Waals surface area contributed by atoms with Crippen LogP contribution in [0.2, 0.25) is 0 Å². The molecule has 0 radical (unpaired) electrons. The summed E-state index contributed by atoms with van der Waals surface area (Å²) in [6, 6.07) is 11.1. The Hall–Kier alpha value is -3.59. The van der Waals surface area contributed by atoms with Crippen molar-refractivity contribution < 1.29 is 23.8 Å². The van der Waals surface area contributed by atoms with Crippen LogP contribution in [0.15, 0.2) is 41.8 Å². The molecule has 4 rings (SSSR count). The molecule has 2 heterocycles. The Morgan fingerprint density at radius 3 is 2.58 bits per heavy atom. The monoisotopic (exact) mass is 467 g/mol. The van der Waals surface area contributed by atoms with Crippen molar-refractivity contribution in [2.24, 2.45) is 5.92 Å². The van der Waals surface area contributed by atoms with E-state index in [0.29, 0.717) is 28.1 Å². The van der Waals surface area contributed by atoms with Crippen molar-refractivity contribution >= 4 is 34.0 Å². The molecule has 9 heteroatoms. The third-order valence-corrected chi connectivity index (χ3v) is 6.30. The van der Waals surface area contributed by atoms with Gasteiger partial charge in [0.05, 0.1) is 38.6 Å². The van der Waals surface area contributed by atoms with Gasteiger partial charge in [-0.1, -0.05) is 11.6 Å². The summed E-state index contributed by atoms with van der Waals surface area (Å²) in [7, 11) is 4.71. The molecule has 1 aromatic heterocycles. The Balaban J connectivity index is 1.49. The first-order valence-corrected chi connectivity index (χ1v) is 11.2. The van der Waals surface area contributed by atoms with E-state index in [1.54, 1.807) is 44.4 Å². The number of ether oxygens (including phenoxy) is 3. The summed E-state index contributed by atoms with van der Waals surface area (Å²) in [6.07, 6.45) is 0.107. The molecule has 33 heavy (non-hydrogen) atoms. The number of hydrogen-bond donors (Lipinski definition) is 1. The van der Waals surface area contributed by atoms with Gasteiger partial charge in [0.15, 0.2) is 5.13 Å². The van der Waals surface area contributed by atoms with E-state index >= 15 is 0 Å². The van der Waals surface area contributed by atoms with Gasteiger partial charge in [-0.3, -0.25) is 9.59 Å². The Morgan fingerprint density at radius 1 is 1.09 bits per heavy atom. The molecule has 172 valence electrons. The van der Waals surface area contributed by atoms with E-state index in [4.69, 9.17) is 14.2 Å². The summed E-state index contributed by atoms with van der Waals surface area (Å²) in [5.41, 5.74) is 3.25. The first kappa shape index (κ1) is 22.6. The van der Waals surface area contributed by atoms with Crippen LogP contribution in [0.1, 0.15) is 12.0 Å². The maximum absolute atomic E-state index is 12.9. The van der Waals surface area contributed by atoms with E-state index in [1.165, 1.54) is 11.3 Å². The lowest BCUT2D eigenvalue weighted by Gasteiger charge is -2.20. The molecular formula is C24H25N3O5S. The average molecular weight is 468 g/mol. The van der Waals surface area contributed by atoms with Gasteiger partial charge < -0.3 is 24.4 Å². The normalized spacial score (nSPS) is 15.5. The SMILES string of the molecule is COc1ccc(OC)c(N2CC(C(=O)Nc3nc(-c4cc(C)ccc4OC)cs3)CC2=O)c1. The smallest absolute Gasteiger partial charge is 0.231 e. The van der Waals surface area contributed by atoms with Crippen LogP contribution in [0.25, 0.3) is 11.3 Å². The van der Waals surface area contributed by atoms with Crippen LogP contribution in [0, 0.1) is 12.8 Å². The molecule has 0 saturated carbocycles. The van der Waals surface area contributed by atoms with Crippen molar-refractivity contribution in [2.75, 3.05) is 38.1 Å². The number of nitrogens with zero attached hydrogens (tertiary/aromatic N) is 2. The Morgan fingerprint density at radius 2 is 1.85 bits per heavy atom. The average Bonchev–Trinajstić information content (AvgIpc) is 3.45. The molecule has 1 atom stereocenters. The van der Waals surface area contributed by atoms with E-state index in [0.717, 1.165) is 16.8 Å². The number of thiazole rings is 1. The number of aryl methyl sites for hydroxylation is 1. The van der Waals surface area contributed by atoms with Gasteiger partial charge in [-0.25, -0.2) is 4.98 Å². The van der Waals surface area contributed by atoms with Crippen LogP contribution < -0.4 is 24.4 Å². The number of anilines is 2. The van der Waals surface area contributed by atoms with Gasteiger partial charge >= 0.3 is 0 Å². The summed E-state index contributed by atoms with van der Waals surface area (Å²) in [4.78, 5) is 31.8. The Bertz CT molecular complexity index is 1190. The van der Waals surface area contributed by atoms with Crippen molar-refractivity contribution in [1.82, 2.24) is 4.98 Å². The van der Waals surface area contributed by atoms with E-state index in [9.17, 15) is 9.59 Å². The zero-order valence-electron chi connectivity index (χ0n) is 18.9. The number of carbonyl (C=O) groups excluding carboxylic acids is 2. The molecule has 1 saturated heterocycles. The summed E-state index contributed by atoms with van der Waals surface area (Å²) in [5.74, 6) is 0.966. The largest absolute Gasteiger partial charge is 0.497 e. The third kappa shape index (κ3) is 4.63. The fourth-order valence-corrected chi connectivity index (χ4v) is 4.52. The molecule has 1 aliphatic rings. The lowest BCUT2D eigenvalue weighted by molar-refractivity contribution is -0.122. The Labute approximate surface area is 196 Å². The van der Waals surface area contributed by atoms with Crippen LogP contribution in [0.4, 0.5) is 10.8 Å². The van der Waals surface area contributed by atoms with Gasteiger partial charge in [0.1, 0.15) is 17.2 Å². The molecule has 2 aromatic carbocycles. The lowest BCUT2D eigenvalue weighted by atomic mass is 10.1. The van der Waals surface area contributed by atoms with Crippen molar-refractivity contribution in [2.45, 2.75) is 13.3 Å². The molecule has 1 fully saturated rings. The van der Waals surface area contributed by atoms with Crippen molar-refractivity contribution in [1.29, 1.82) is 0 Å². The van der Waals surface area contributed by atoms with Crippen LogP contribution >= 0.6 is 11.3 Å². The highest BCUT2D eigenvalue weighted by atomic mass is 32.1. The molecule has 1 aliphatic heterocycles. The van der Waals surface area contributed by atoms with E-state index in [-0.39, 0.29) is 24.8 Å². The maximum atomic E-state index is 12.9. The summed E-state index contributed by atoms with van der Waals surface area (Å²) in [6.45, 7) is 2.25. The van der Waals surface area contributed by atoms with Crippen molar-refractivity contribution in [3.63, 3.8) is 0 Å². The highest BCUT2D eigenvalue weighted by molar-refractivity contribution is 7.14. The quantitative estimate of drug-likeness (QED) is 0.562. The minimum Gasteiger partial charge on any atom is -0.497 e. The second-order valence-corrected chi connectivity index (χ2v) is 8.53. The molecule has 1 unspecified atom stereocenters. The highest BCUT2D eigenvalue weighted by Gasteiger charge is 2.36. The first-order valence-electron chi connectivity index (χ1n) is 10.4. The predicted molar refractivity (Wildman–Crippen MR) is 127 cm³/mol. The molecule has 0 aliphatic carbocycles. The van der Waals surface area contributed by atoms with Gasteiger partial charge in [0, 0.05) is 30.0 Å². The number of amides is 2. The minimum absolute atomic E-state index is 0.107. The summed E-state index contributed by atoms with van der Waals surface area (Å²) in [5, 5.41) is 5.21. The first-order chi connectivity index (χ1) is 15.9. The molecular weight excluding hydrogens is 442 g/mol. The second-order valence-electron chi connectivity index (χ2n) is 7.67. The van der Waals surface area contributed by atoms with Gasteiger partial charge in [-0.15, -0.1) is 11.3 Å². The number of carbonyl (C=O) groups is 2. The Kier molecular flexibility index (Phi) is 6.50. The number of methoxy groups -OCH3 is 3. The van der Waals surface area contributed by atoms with Crippen LogP contribution in [0.5, 0.6) is 17.2 Å². The van der Waals surface area contributed by atoms with Gasteiger partial charge in [0.2, 0.25) is 11.8 Å². The van der Waals surface area contributed by atoms with Crippen LogP contribution in [0.3, 0.4) is 0 Å². The molecule has 3 aromatic rings. The van der Waals surface area contributed by atoms with Crippen LogP contribution in [-0.4, -0.2) is 44.7 Å². The van der Waals surface area contributed by atoms with Crippen molar-refractivity contribution in [3.8, 4) is 28.5 Å². The van der Waals surface area contributed by atoms with Crippen LogP contribution in [-0.2, 0) is 9.59 Å². The number of hydrogen-bond acceptors (Lipinski definition) is 7. The standard InChI is InChI=1S/C24H25N3O5S/c1-14-5-7-20(31-3)17(9-14)18-13-33-24(25-18)26-23(29)15-10-22(28)27(12-15)19-11-16(30-2)6-8-21(19)32-4/h5-9,11,13,15H,10,12H2,1-4H3,(H,25,26,29). The van der Waals surface area contributed by atoms with Crippen molar-refractivity contribution in [3.05, 3.63) is 47.3 Å². The predicted octanol–water partition coefficient (Wildman–Crippen LogP) is 4.14. The van der Waals surface area contributed by atoms with Gasteiger partial charge in [0.25, 0.3) is 0 Å². The number of nitrogens with one attached hydrogen (secondary N) is 1. The summed E-state index contributed by atoms with van der Waals surface area (Å²) < 4.78 is 16.1. The van der Waals surface area contributed by atoms with Gasteiger partial charge in [-0.2, -0.15) is 0 Å². The van der Waals surface area contributed by atoms with E-state index in [1.807, 2.05) is 30.5 Å². The fourth-order valence-electron chi connectivity index (χ4n) is 3.81. The zero-order chi connectivity index (χ0) is 23.5. The molecule has 0 spiro atoms. The fraction of sp³-hybridized carbons (Fsp3) is 0.292. The molecule has 8 nitrogen and oxygen atoms in total. The molecule has 2 amide bonds. The molecule has 1 N–H and O–H groups in total. The third-order valence-electron chi connectivity index (χ3n) is 5.54. The number of rotatable bonds is 7. The summed E-state index contributed by atoms with van der Waals surface area (Å²) >= 11 is 1.33. The van der Waals surface area contributed by atoms with E-state index < -0.39 is 5.92 Å². The highest BCUT2D eigenvalue weighted by Crippen LogP contribution is 2.37. The number of benzene rings is 2. The number of aromatic nitrogens is 1. The van der Waals surface area contributed by atoms with Gasteiger partial charge in [-0.05, 0) is 31.2 Å². The minimum atomic E-state index is -0.505. The second kappa shape index (κ2) is 9.50.